The van der Waals surface area contributed by atoms with Gasteiger partial charge in [0, 0.05) is 18.8 Å². The van der Waals surface area contributed by atoms with Gasteiger partial charge in [-0.3, -0.25) is 14.6 Å². The van der Waals surface area contributed by atoms with Crippen LogP contribution < -0.4 is 10.9 Å². The summed E-state index contributed by atoms with van der Waals surface area (Å²) in [6.45, 7) is 6.39. The fourth-order valence-electron chi connectivity index (χ4n) is 3.44. The molecule has 0 aliphatic carbocycles. The zero-order valence-corrected chi connectivity index (χ0v) is 16.0. The SMILES string of the molecule is CCn1c2cc(C)oc2c2cnn([C@@H](C)C(=O)NCc3ccccn3)c(=O)c21. The van der Waals surface area contributed by atoms with E-state index in [1.54, 1.807) is 19.3 Å². The lowest BCUT2D eigenvalue weighted by Gasteiger charge is -2.14. The molecular weight excluding hydrogens is 358 g/mol. The summed E-state index contributed by atoms with van der Waals surface area (Å²) in [7, 11) is 0. The van der Waals surface area contributed by atoms with Crippen molar-refractivity contribution in [3.63, 3.8) is 0 Å². The van der Waals surface area contributed by atoms with E-state index in [1.807, 2.05) is 42.7 Å². The third kappa shape index (κ3) is 2.87. The zero-order chi connectivity index (χ0) is 19.8. The Labute approximate surface area is 160 Å². The van der Waals surface area contributed by atoms with Gasteiger partial charge >= 0.3 is 0 Å². The predicted molar refractivity (Wildman–Crippen MR) is 105 cm³/mol. The van der Waals surface area contributed by atoms with Crippen molar-refractivity contribution in [1.82, 2.24) is 24.6 Å². The van der Waals surface area contributed by atoms with E-state index in [0.29, 0.717) is 29.6 Å². The number of aromatic nitrogens is 4. The molecule has 0 aromatic carbocycles. The number of pyridine rings is 1. The van der Waals surface area contributed by atoms with Crippen molar-refractivity contribution in [3.05, 3.63) is 58.5 Å². The van der Waals surface area contributed by atoms with Gasteiger partial charge in [-0.15, -0.1) is 0 Å². The second kappa shape index (κ2) is 6.95. The summed E-state index contributed by atoms with van der Waals surface area (Å²) in [6.07, 6.45) is 3.26. The molecule has 8 heteroatoms. The van der Waals surface area contributed by atoms with Crippen LogP contribution in [0.25, 0.3) is 22.0 Å². The van der Waals surface area contributed by atoms with Crippen LogP contribution in [0.15, 0.2) is 45.9 Å². The molecule has 4 aromatic heterocycles. The summed E-state index contributed by atoms with van der Waals surface area (Å²) >= 11 is 0. The highest BCUT2D eigenvalue weighted by Crippen LogP contribution is 2.29. The fourth-order valence-corrected chi connectivity index (χ4v) is 3.44. The molecule has 0 aliphatic rings. The Morgan fingerprint density at radius 1 is 1.36 bits per heavy atom. The van der Waals surface area contributed by atoms with E-state index in [-0.39, 0.29) is 11.5 Å². The third-order valence-corrected chi connectivity index (χ3v) is 4.85. The van der Waals surface area contributed by atoms with Crippen LogP contribution in [0.4, 0.5) is 0 Å². The predicted octanol–water partition coefficient (Wildman–Crippen LogP) is 2.54. The second-order valence-electron chi connectivity index (χ2n) is 6.69. The summed E-state index contributed by atoms with van der Waals surface area (Å²) in [5.41, 5.74) is 2.44. The van der Waals surface area contributed by atoms with Gasteiger partial charge in [0.05, 0.1) is 29.3 Å². The Morgan fingerprint density at radius 2 is 2.18 bits per heavy atom. The van der Waals surface area contributed by atoms with Gasteiger partial charge in [0.1, 0.15) is 17.3 Å². The lowest BCUT2D eigenvalue weighted by atomic mass is 10.3. The van der Waals surface area contributed by atoms with Crippen LogP contribution in [0.3, 0.4) is 0 Å². The Hall–Kier alpha value is -3.42. The van der Waals surface area contributed by atoms with Crippen LogP contribution in [0, 0.1) is 6.92 Å². The molecule has 0 bridgehead atoms. The number of carbonyl (C=O) groups excluding carboxylic acids is 1. The number of rotatable bonds is 5. The third-order valence-electron chi connectivity index (χ3n) is 4.85. The second-order valence-corrected chi connectivity index (χ2v) is 6.69. The van der Waals surface area contributed by atoms with Crippen molar-refractivity contribution < 1.29 is 9.21 Å². The molecule has 144 valence electrons. The molecule has 28 heavy (non-hydrogen) atoms. The van der Waals surface area contributed by atoms with Crippen LogP contribution in [0.2, 0.25) is 0 Å². The van der Waals surface area contributed by atoms with E-state index in [1.165, 1.54) is 4.68 Å². The van der Waals surface area contributed by atoms with E-state index < -0.39 is 6.04 Å². The molecular formula is C20H21N5O3. The Kier molecular flexibility index (Phi) is 4.46. The Morgan fingerprint density at radius 3 is 2.89 bits per heavy atom. The summed E-state index contributed by atoms with van der Waals surface area (Å²) in [5.74, 6) is 0.481. The topological polar surface area (TPSA) is 94.9 Å². The molecule has 8 nitrogen and oxygen atoms in total. The highest BCUT2D eigenvalue weighted by Gasteiger charge is 2.23. The molecule has 0 aliphatic heterocycles. The number of carbonyl (C=O) groups is 1. The monoisotopic (exact) mass is 379 g/mol. The lowest BCUT2D eigenvalue weighted by Crippen LogP contribution is -2.37. The number of amides is 1. The minimum absolute atomic E-state index is 0.290. The number of nitrogens with zero attached hydrogens (tertiary/aromatic N) is 4. The maximum Gasteiger partial charge on any atom is 0.292 e. The number of fused-ring (bicyclic) bond motifs is 3. The summed E-state index contributed by atoms with van der Waals surface area (Å²) < 4.78 is 8.88. The van der Waals surface area contributed by atoms with Crippen molar-refractivity contribution >= 4 is 27.9 Å². The Bertz CT molecular complexity index is 1220. The van der Waals surface area contributed by atoms with Crippen molar-refractivity contribution in [1.29, 1.82) is 0 Å². The average molecular weight is 379 g/mol. The Balaban J connectivity index is 1.69. The van der Waals surface area contributed by atoms with Crippen molar-refractivity contribution in [2.75, 3.05) is 0 Å². The largest absolute Gasteiger partial charge is 0.459 e. The van der Waals surface area contributed by atoms with Crippen LogP contribution in [-0.4, -0.2) is 25.2 Å². The molecule has 1 N–H and O–H groups in total. The summed E-state index contributed by atoms with van der Waals surface area (Å²) in [4.78, 5) is 29.9. The van der Waals surface area contributed by atoms with Crippen LogP contribution in [0.1, 0.15) is 31.3 Å². The van der Waals surface area contributed by atoms with E-state index in [9.17, 15) is 9.59 Å². The van der Waals surface area contributed by atoms with E-state index in [4.69, 9.17) is 4.42 Å². The first-order valence-electron chi connectivity index (χ1n) is 9.19. The maximum atomic E-state index is 13.1. The van der Waals surface area contributed by atoms with Crippen molar-refractivity contribution in [3.8, 4) is 0 Å². The first-order valence-corrected chi connectivity index (χ1v) is 9.19. The van der Waals surface area contributed by atoms with E-state index in [2.05, 4.69) is 15.4 Å². The van der Waals surface area contributed by atoms with E-state index in [0.717, 1.165) is 17.0 Å². The number of hydrogen-bond acceptors (Lipinski definition) is 5. The average Bonchev–Trinajstić information content (AvgIpc) is 3.22. The van der Waals surface area contributed by atoms with Gasteiger partial charge in [-0.25, -0.2) is 4.68 Å². The van der Waals surface area contributed by atoms with Gasteiger partial charge in [-0.1, -0.05) is 6.07 Å². The van der Waals surface area contributed by atoms with Crippen LogP contribution in [0.5, 0.6) is 0 Å². The van der Waals surface area contributed by atoms with Crippen LogP contribution >= 0.6 is 0 Å². The highest BCUT2D eigenvalue weighted by atomic mass is 16.3. The molecule has 0 fully saturated rings. The molecule has 0 radical (unpaired) electrons. The minimum Gasteiger partial charge on any atom is -0.459 e. The number of nitrogens with one attached hydrogen (secondary N) is 1. The molecule has 0 saturated heterocycles. The molecule has 1 atom stereocenters. The van der Waals surface area contributed by atoms with Crippen molar-refractivity contribution in [2.45, 2.75) is 39.9 Å². The molecule has 0 saturated carbocycles. The molecule has 1 amide bonds. The summed E-state index contributed by atoms with van der Waals surface area (Å²) in [6, 6.07) is 6.65. The van der Waals surface area contributed by atoms with E-state index >= 15 is 0 Å². The quantitative estimate of drug-likeness (QED) is 0.575. The number of hydrogen-bond donors (Lipinski definition) is 1. The van der Waals surface area contributed by atoms with Crippen LogP contribution in [-0.2, 0) is 17.9 Å². The van der Waals surface area contributed by atoms with Gasteiger partial charge in [0.2, 0.25) is 5.91 Å². The molecule has 0 spiro atoms. The molecule has 0 unspecified atom stereocenters. The number of furan rings is 1. The highest BCUT2D eigenvalue weighted by molar-refractivity contribution is 6.04. The number of aryl methyl sites for hydroxylation is 2. The summed E-state index contributed by atoms with van der Waals surface area (Å²) in [5, 5.41) is 7.71. The molecule has 4 aromatic rings. The minimum atomic E-state index is -0.756. The van der Waals surface area contributed by atoms with Gasteiger partial charge in [-0.2, -0.15) is 5.10 Å². The van der Waals surface area contributed by atoms with Gasteiger partial charge < -0.3 is 14.3 Å². The van der Waals surface area contributed by atoms with Gasteiger partial charge in [0.25, 0.3) is 5.56 Å². The van der Waals surface area contributed by atoms with Gasteiger partial charge in [0.15, 0.2) is 5.58 Å². The fraction of sp³-hybridized carbons (Fsp3) is 0.300. The molecule has 4 heterocycles. The zero-order valence-electron chi connectivity index (χ0n) is 16.0. The smallest absolute Gasteiger partial charge is 0.292 e. The normalized spacial score (nSPS) is 12.5. The first kappa shape index (κ1) is 18.0. The standard InChI is InChI=1S/C20H21N5O3/c1-4-24-16-9-12(2)28-18(16)15-11-23-25(20(27)17(15)24)13(3)19(26)22-10-14-7-5-6-8-21-14/h5-9,11,13H,4,10H2,1-3H3,(H,22,26)/t13-/m0/s1. The first-order chi connectivity index (χ1) is 13.5. The van der Waals surface area contributed by atoms with Crippen molar-refractivity contribution in [2.24, 2.45) is 0 Å². The molecule has 4 rings (SSSR count). The van der Waals surface area contributed by atoms with Gasteiger partial charge in [-0.05, 0) is 32.9 Å². The maximum absolute atomic E-state index is 13.1. The lowest BCUT2D eigenvalue weighted by molar-refractivity contribution is -0.124.